The lowest BCUT2D eigenvalue weighted by atomic mass is 10.1. The Balaban J connectivity index is 3.23. The third-order valence-electron chi connectivity index (χ3n) is 2.11. The van der Waals surface area contributed by atoms with Crippen LogP contribution in [0.3, 0.4) is 0 Å². The van der Waals surface area contributed by atoms with Gasteiger partial charge in [-0.2, -0.15) is 0 Å². The SMILES string of the molecule is COc1cc(OC)c(C(F)F)cc1CON. The molecule has 0 amide bonds. The van der Waals surface area contributed by atoms with Crippen LogP contribution in [0.2, 0.25) is 0 Å². The molecule has 1 aromatic rings. The summed E-state index contributed by atoms with van der Waals surface area (Å²) in [6.45, 7) is -0.00706. The van der Waals surface area contributed by atoms with Crippen LogP contribution in [0.1, 0.15) is 17.6 Å². The van der Waals surface area contributed by atoms with E-state index < -0.39 is 6.43 Å². The topological polar surface area (TPSA) is 53.7 Å². The number of halogens is 2. The summed E-state index contributed by atoms with van der Waals surface area (Å²) in [6.07, 6.45) is -2.63. The molecular weight excluding hydrogens is 220 g/mol. The van der Waals surface area contributed by atoms with Crippen molar-refractivity contribution < 1.29 is 23.1 Å². The van der Waals surface area contributed by atoms with Crippen LogP contribution in [-0.2, 0) is 11.4 Å². The molecule has 0 aromatic heterocycles. The summed E-state index contributed by atoms with van der Waals surface area (Å²) in [5.41, 5.74) is 0.233. The van der Waals surface area contributed by atoms with Crippen molar-refractivity contribution in [2.75, 3.05) is 14.2 Å². The van der Waals surface area contributed by atoms with Crippen LogP contribution < -0.4 is 15.4 Å². The van der Waals surface area contributed by atoms with E-state index in [9.17, 15) is 8.78 Å². The van der Waals surface area contributed by atoms with Gasteiger partial charge in [0.1, 0.15) is 11.5 Å². The van der Waals surface area contributed by atoms with E-state index in [2.05, 4.69) is 4.84 Å². The van der Waals surface area contributed by atoms with E-state index in [1.165, 1.54) is 26.4 Å². The minimum absolute atomic E-state index is 0.00706. The predicted molar refractivity (Wildman–Crippen MR) is 53.5 cm³/mol. The monoisotopic (exact) mass is 233 g/mol. The third kappa shape index (κ3) is 2.59. The molecule has 0 fully saturated rings. The summed E-state index contributed by atoms with van der Waals surface area (Å²) in [6, 6.07) is 2.64. The molecule has 0 aliphatic rings. The molecule has 0 saturated carbocycles. The summed E-state index contributed by atoms with van der Waals surface area (Å²) in [4.78, 5) is 4.41. The molecule has 1 aromatic carbocycles. The quantitative estimate of drug-likeness (QED) is 0.790. The van der Waals surface area contributed by atoms with E-state index >= 15 is 0 Å². The zero-order valence-corrected chi connectivity index (χ0v) is 9.00. The van der Waals surface area contributed by atoms with Crippen molar-refractivity contribution in [3.05, 3.63) is 23.3 Å². The van der Waals surface area contributed by atoms with Gasteiger partial charge in [0.25, 0.3) is 6.43 Å². The number of rotatable bonds is 5. The van der Waals surface area contributed by atoms with Crippen molar-refractivity contribution >= 4 is 0 Å². The van der Waals surface area contributed by atoms with Gasteiger partial charge >= 0.3 is 0 Å². The van der Waals surface area contributed by atoms with E-state index in [1.807, 2.05) is 0 Å². The zero-order chi connectivity index (χ0) is 12.1. The van der Waals surface area contributed by atoms with Gasteiger partial charge in [-0.3, -0.25) is 4.84 Å². The fourth-order valence-electron chi connectivity index (χ4n) is 1.36. The highest BCUT2D eigenvalue weighted by Gasteiger charge is 2.18. The van der Waals surface area contributed by atoms with Gasteiger partial charge in [-0.1, -0.05) is 0 Å². The molecule has 90 valence electrons. The third-order valence-corrected chi connectivity index (χ3v) is 2.11. The van der Waals surface area contributed by atoms with E-state index in [1.54, 1.807) is 0 Å². The molecule has 6 heteroatoms. The van der Waals surface area contributed by atoms with Crippen molar-refractivity contribution in [2.45, 2.75) is 13.0 Å². The van der Waals surface area contributed by atoms with Crippen molar-refractivity contribution in [3.63, 3.8) is 0 Å². The van der Waals surface area contributed by atoms with E-state index in [-0.39, 0.29) is 17.9 Å². The Morgan fingerprint density at radius 2 is 1.81 bits per heavy atom. The Bertz CT molecular complexity index is 358. The van der Waals surface area contributed by atoms with Crippen molar-refractivity contribution in [3.8, 4) is 11.5 Å². The Labute approximate surface area is 91.9 Å². The summed E-state index contributed by atoms with van der Waals surface area (Å²) < 4.78 is 35.2. The second kappa shape index (κ2) is 5.62. The first-order chi connectivity index (χ1) is 7.63. The van der Waals surface area contributed by atoms with Gasteiger partial charge in [-0.25, -0.2) is 14.7 Å². The maximum Gasteiger partial charge on any atom is 0.267 e. The van der Waals surface area contributed by atoms with Crippen LogP contribution in [0.15, 0.2) is 12.1 Å². The first kappa shape index (κ1) is 12.7. The summed E-state index contributed by atoms with van der Waals surface area (Å²) in [7, 11) is 2.75. The number of hydrogen-bond acceptors (Lipinski definition) is 4. The number of ether oxygens (including phenoxy) is 2. The highest BCUT2D eigenvalue weighted by Crippen LogP contribution is 2.35. The molecule has 0 aliphatic carbocycles. The molecule has 0 bridgehead atoms. The summed E-state index contributed by atoms with van der Waals surface area (Å²) >= 11 is 0. The van der Waals surface area contributed by atoms with Gasteiger partial charge < -0.3 is 9.47 Å². The predicted octanol–water partition coefficient (Wildman–Crippen LogP) is 2.03. The Hall–Kier alpha value is -1.40. The number of nitrogens with two attached hydrogens (primary N) is 1. The van der Waals surface area contributed by atoms with Gasteiger partial charge in [-0.05, 0) is 6.07 Å². The van der Waals surface area contributed by atoms with Crippen LogP contribution in [-0.4, -0.2) is 14.2 Å². The van der Waals surface area contributed by atoms with E-state index in [4.69, 9.17) is 15.4 Å². The van der Waals surface area contributed by atoms with Crippen LogP contribution >= 0.6 is 0 Å². The maximum atomic E-state index is 12.7. The summed E-state index contributed by atoms with van der Waals surface area (Å²) in [5, 5.41) is 0. The lowest BCUT2D eigenvalue weighted by Crippen LogP contribution is -2.03. The van der Waals surface area contributed by atoms with Crippen molar-refractivity contribution in [2.24, 2.45) is 5.90 Å². The van der Waals surface area contributed by atoms with Gasteiger partial charge in [0.15, 0.2) is 0 Å². The molecule has 16 heavy (non-hydrogen) atoms. The minimum Gasteiger partial charge on any atom is -0.496 e. The van der Waals surface area contributed by atoms with Gasteiger partial charge in [0, 0.05) is 11.6 Å². The average Bonchev–Trinajstić information content (AvgIpc) is 2.28. The Kier molecular flexibility index (Phi) is 4.45. The molecule has 1 rings (SSSR count). The smallest absolute Gasteiger partial charge is 0.267 e. The standard InChI is InChI=1S/C10H13F2NO3/c1-14-8-4-9(15-2)7(10(11)12)3-6(8)5-16-13/h3-4,10H,5,13H2,1-2H3. The molecule has 0 spiro atoms. The van der Waals surface area contributed by atoms with Crippen LogP contribution in [0.5, 0.6) is 11.5 Å². The maximum absolute atomic E-state index is 12.7. The van der Waals surface area contributed by atoms with Gasteiger partial charge in [-0.15, -0.1) is 0 Å². The molecule has 0 saturated heterocycles. The molecule has 4 nitrogen and oxygen atoms in total. The highest BCUT2D eigenvalue weighted by molar-refractivity contribution is 5.47. The molecule has 2 N–H and O–H groups in total. The highest BCUT2D eigenvalue weighted by atomic mass is 19.3. The fraction of sp³-hybridized carbons (Fsp3) is 0.400. The molecule has 0 atom stereocenters. The molecule has 0 unspecified atom stereocenters. The van der Waals surface area contributed by atoms with Gasteiger partial charge in [0.05, 0.1) is 26.4 Å². The first-order valence-electron chi connectivity index (χ1n) is 4.48. The van der Waals surface area contributed by atoms with Gasteiger partial charge in [0.2, 0.25) is 0 Å². The summed E-state index contributed by atoms with van der Waals surface area (Å²) in [5.74, 6) is 5.38. The Morgan fingerprint density at radius 1 is 1.19 bits per heavy atom. The average molecular weight is 233 g/mol. The van der Waals surface area contributed by atoms with Crippen molar-refractivity contribution in [1.29, 1.82) is 0 Å². The minimum atomic E-state index is -2.63. The number of methoxy groups -OCH3 is 2. The largest absolute Gasteiger partial charge is 0.496 e. The first-order valence-corrected chi connectivity index (χ1v) is 4.48. The number of hydrogen-bond donors (Lipinski definition) is 1. The van der Waals surface area contributed by atoms with E-state index in [0.29, 0.717) is 11.3 Å². The lowest BCUT2D eigenvalue weighted by molar-refractivity contribution is 0.120. The lowest BCUT2D eigenvalue weighted by Gasteiger charge is -2.13. The molecular formula is C10H13F2NO3. The van der Waals surface area contributed by atoms with Crippen LogP contribution in [0.25, 0.3) is 0 Å². The zero-order valence-electron chi connectivity index (χ0n) is 9.00. The van der Waals surface area contributed by atoms with E-state index in [0.717, 1.165) is 0 Å². The van der Waals surface area contributed by atoms with Crippen LogP contribution in [0.4, 0.5) is 8.78 Å². The van der Waals surface area contributed by atoms with Crippen LogP contribution in [0, 0.1) is 0 Å². The Morgan fingerprint density at radius 3 is 2.25 bits per heavy atom. The molecule has 0 heterocycles. The normalized spacial score (nSPS) is 10.6. The second-order valence-corrected chi connectivity index (χ2v) is 3.02. The second-order valence-electron chi connectivity index (χ2n) is 3.02. The molecule has 0 radical (unpaired) electrons. The number of benzene rings is 1. The molecule has 0 aliphatic heterocycles. The fourth-order valence-corrected chi connectivity index (χ4v) is 1.36. The number of alkyl halides is 2. The van der Waals surface area contributed by atoms with Crippen molar-refractivity contribution in [1.82, 2.24) is 0 Å².